The summed E-state index contributed by atoms with van der Waals surface area (Å²) in [7, 11) is 1.25. The molecule has 3 amide bonds. The van der Waals surface area contributed by atoms with E-state index in [-0.39, 0.29) is 18.4 Å². The first kappa shape index (κ1) is 33.9. The van der Waals surface area contributed by atoms with Gasteiger partial charge in [0.2, 0.25) is 11.8 Å². The average molecular weight is 548 g/mol. The molecule has 0 saturated carbocycles. The molecule has 39 heavy (non-hydrogen) atoms. The van der Waals surface area contributed by atoms with Crippen LogP contribution in [0.15, 0.2) is 24.3 Å². The lowest BCUT2D eigenvalue weighted by atomic mass is 9.96. The second-order valence-corrected chi connectivity index (χ2v) is 11.3. The number of carbonyl (C=O) groups excluding carboxylic acids is 4. The van der Waals surface area contributed by atoms with Crippen LogP contribution in [0, 0.1) is 12.8 Å². The molecular weight excluding hydrogens is 498 g/mol. The van der Waals surface area contributed by atoms with Gasteiger partial charge in [0.1, 0.15) is 24.2 Å². The molecule has 0 saturated heterocycles. The van der Waals surface area contributed by atoms with Gasteiger partial charge in [-0.05, 0) is 57.6 Å². The summed E-state index contributed by atoms with van der Waals surface area (Å²) in [6.07, 6.45) is 4.47. The zero-order valence-corrected chi connectivity index (χ0v) is 25.1. The highest BCUT2D eigenvalue weighted by atomic mass is 16.6. The fourth-order valence-electron chi connectivity index (χ4n) is 4.27. The van der Waals surface area contributed by atoms with E-state index >= 15 is 0 Å². The molecule has 0 aliphatic rings. The standard InChI is InChI=1S/C30H49N3O6/c1-9-10-11-12-15-18-33(28(36)24(19-21(2)3)32-29(37)39-30(5,6)7)26(23-17-14-13-16-22(23)4)27(35)31-20-25(34)38-8/h13-14,16-17,21,24,26H,9-12,15,18-20H2,1-8H3,(H,31,35)(H,32,37). The van der Waals surface area contributed by atoms with Gasteiger partial charge in [0.05, 0.1) is 7.11 Å². The van der Waals surface area contributed by atoms with Crippen LogP contribution in [0.3, 0.4) is 0 Å². The Balaban J connectivity index is 3.49. The van der Waals surface area contributed by atoms with Crippen LogP contribution in [0.2, 0.25) is 0 Å². The van der Waals surface area contributed by atoms with E-state index < -0.39 is 35.7 Å². The Hall–Kier alpha value is -3.10. The number of unbranched alkanes of at least 4 members (excludes halogenated alkanes) is 4. The van der Waals surface area contributed by atoms with Crippen molar-refractivity contribution in [2.75, 3.05) is 20.2 Å². The van der Waals surface area contributed by atoms with Crippen LogP contribution in [0.4, 0.5) is 4.79 Å². The zero-order chi connectivity index (χ0) is 29.6. The average Bonchev–Trinajstić information content (AvgIpc) is 2.84. The third-order valence-electron chi connectivity index (χ3n) is 6.16. The van der Waals surface area contributed by atoms with Gasteiger partial charge in [-0.25, -0.2) is 4.79 Å². The fraction of sp³-hybridized carbons (Fsp3) is 0.667. The molecule has 2 unspecified atom stereocenters. The summed E-state index contributed by atoms with van der Waals surface area (Å²) in [6.45, 7) is 13.2. The molecule has 1 rings (SSSR count). The summed E-state index contributed by atoms with van der Waals surface area (Å²) in [5.74, 6) is -1.36. The second kappa shape index (κ2) is 16.8. The number of hydrogen-bond acceptors (Lipinski definition) is 6. The van der Waals surface area contributed by atoms with E-state index in [4.69, 9.17) is 9.47 Å². The molecule has 0 aliphatic heterocycles. The molecule has 220 valence electrons. The van der Waals surface area contributed by atoms with E-state index in [1.54, 1.807) is 25.7 Å². The number of rotatable bonds is 15. The van der Waals surface area contributed by atoms with E-state index in [1.807, 2.05) is 45.0 Å². The van der Waals surface area contributed by atoms with Crippen LogP contribution in [-0.2, 0) is 23.9 Å². The smallest absolute Gasteiger partial charge is 0.408 e. The highest BCUT2D eigenvalue weighted by Crippen LogP contribution is 2.27. The van der Waals surface area contributed by atoms with Crippen molar-refractivity contribution in [1.29, 1.82) is 0 Å². The molecule has 0 aliphatic carbocycles. The van der Waals surface area contributed by atoms with Crippen molar-refractivity contribution in [3.05, 3.63) is 35.4 Å². The van der Waals surface area contributed by atoms with Crippen LogP contribution in [0.5, 0.6) is 0 Å². The first-order chi connectivity index (χ1) is 18.3. The predicted octanol–water partition coefficient (Wildman–Crippen LogP) is 5.06. The Kier molecular flexibility index (Phi) is 14.6. The Morgan fingerprint density at radius 3 is 2.21 bits per heavy atom. The minimum atomic E-state index is -0.996. The molecular formula is C30H49N3O6. The number of hydrogen-bond donors (Lipinski definition) is 2. The Labute approximate surface area is 234 Å². The van der Waals surface area contributed by atoms with Crippen LogP contribution < -0.4 is 10.6 Å². The van der Waals surface area contributed by atoms with E-state index in [0.29, 0.717) is 24.9 Å². The van der Waals surface area contributed by atoms with Crippen molar-refractivity contribution in [2.45, 2.75) is 105 Å². The van der Waals surface area contributed by atoms with Gasteiger partial charge < -0.3 is 25.0 Å². The van der Waals surface area contributed by atoms with Gasteiger partial charge in [-0.2, -0.15) is 0 Å². The maximum atomic E-state index is 14.2. The molecule has 0 radical (unpaired) electrons. The molecule has 9 nitrogen and oxygen atoms in total. The van der Waals surface area contributed by atoms with Gasteiger partial charge in [-0.3, -0.25) is 14.4 Å². The largest absolute Gasteiger partial charge is 0.468 e. The topological polar surface area (TPSA) is 114 Å². The van der Waals surface area contributed by atoms with Crippen molar-refractivity contribution in [3.63, 3.8) is 0 Å². The highest BCUT2D eigenvalue weighted by molar-refractivity contribution is 5.93. The van der Waals surface area contributed by atoms with Crippen molar-refractivity contribution in [1.82, 2.24) is 15.5 Å². The van der Waals surface area contributed by atoms with E-state index in [2.05, 4.69) is 17.6 Å². The molecule has 0 aromatic heterocycles. The molecule has 0 spiro atoms. The summed E-state index contributed by atoms with van der Waals surface area (Å²) in [5.41, 5.74) is 0.758. The minimum Gasteiger partial charge on any atom is -0.468 e. The van der Waals surface area contributed by atoms with E-state index in [9.17, 15) is 19.2 Å². The molecule has 0 fully saturated rings. The Morgan fingerprint density at radius 2 is 1.64 bits per heavy atom. The van der Waals surface area contributed by atoms with Gasteiger partial charge in [-0.15, -0.1) is 0 Å². The maximum absolute atomic E-state index is 14.2. The van der Waals surface area contributed by atoms with Gasteiger partial charge in [0, 0.05) is 6.54 Å². The highest BCUT2D eigenvalue weighted by Gasteiger charge is 2.37. The molecule has 9 heteroatoms. The first-order valence-corrected chi connectivity index (χ1v) is 14.0. The number of nitrogens with zero attached hydrogens (tertiary/aromatic N) is 1. The summed E-state index contributed by atoms with van der Waals surface area (Å²) >= 11 is 0. The van der Waals surface area contributed by atoms with Crippen molar-refractivity contribution >= 4 is 23.9 Å². The lowest BCUT2D eigenvalue weighted by Gasteiger charge is -2.35. The monoisotopic (exact) mass is 547 g/mol. The van der Waals surface area contributed by atoms with Gasteiger partial charge in [-0.1, -0.05) is 70.7 Å². The molecule has 1 aromatic carbocycles. The summed E-state index contributed by atoms with van der Waals surface area (Å²) in [4.78, 5) is 53.9. The molecule has 0 bridgehead atoms. The zero-order valence-electron chi connectivity index (χ0n) is 25.1. The van der Waals surface area contributed by atoms with Gasteiger partial charge in [0.25, 0.3) is 0 Å². The summed E-state index contributed by atoms with van der Waals surface area (Å²) < 4.78 is 10.1. The predicted molar refractivity (Wildman–Crippen MR) is 152 cm³/mol. The third kappa shape index (κ3) is 12.5. The minimum absolute atomic E-state index is 0.0883. The Bertz CT molecular complexity index is 941. The van der Waals surface area contributed by atoms with Gasteiger partial charge in [0.15, 0.2) is 0 Å². The van der Waals surface area contributed by atoms with Crippen LogP contribution in [-0.4, -0.2) is 60.6 Å². The molecule has 0 heterocycles. The number of amides is 3. The normalized spacial score (nSPS) is 12.8. The van der Waals surface area contributed by atoms with Crippen LogP contribution in [0.1, 0.15) is 97.2 Å². The van der Waals surface area contributed by atoms with Crippen molar-refractivity contribution in [2.24, 2.45) is 5.92 Å². The lowest BCUT2D eigenvalue weighted by Crippen LogP contribution is -2.54. The van der Waals surface area contributed by atoms with E-state index in [1.165, 1.54) is 7.11 Å². The number of esters is 1. The van der Waals surface area contributed by atoms with Gasteiger partial charge >= 0.3 is 12.1 Å². The Morgan fingerprint density at radius 1 is 1.00 bits per heavy atom. The number of carbonyl (C=O) groups is 4. The van der Waals surface area contributed by atoms with Crippen molar-refractivity contribution in [3.8, 4) is 0 Å². The maximum Gasteiger partial charge on any atom is 0.408 e. The molecule has 2 N–H and O–H groups in total. The number of ether oxygens (including phenoxy) is 2. The third-order valence-corrected chi connectivity index (χ3v) is 6.16. The number of benzene rings is 1. The molecule has 1 aromatic rings. The van der Waals surface area contributed by atoms with Crippen LogP contribution >= 0.6 is 0 Å². The SMILES string of the molecule is CCCCCCCN(C(=O)C(CC(C)C)NC(=O)OC(C)(C)C)C(C(=O)NCC(=O)OC)c1ccccc1C. The second-order valence-electron chi connectivity index (χ2n) is 11.3. The lowest BCUT2D eigenvalue weighted by molar-refractivity contribution is -0.145. The first-order valence-electron chi connectivity index (χ1n) is 14.0. The number of alkyl carbamates (subject to hydrolysis) is 1. The van der Waals surface area contributed by atoms with E-state index in [0.717, 1.165) is 31.2 Å². The number of aryl methyl sites for hydroxylation is 1. The van der Waals surface area contributed by atoms with Crippen LogP contribution in [0.25, 0.3) is 0 Å². The summed E-state index contributed by atoms with van der Waals surface area (Å²) in [6, 6.07) is 5.49. The quantitative estimate of drug-likeness (QED) is 0.234. The van der Waals surface area contributed by atoms with Crippen molar-refractivity contribution < 1.29 is 28.7 Å². The fourth-order valence-corrected chi connectivity index (χ4v) is 4.27. The molecule has 2 atom stereocenters. The number of methoxy groups -OCH3 is 1. The summed E-state index contributed by atoms with van der Waals surface area (Å²) in [5, 5.41) is 5.39. The number of nitrogens with one attached hydrogen (secondary N) is 2.